The van der Waals surface area contributed by atoms with Crippen LogP contribution in [0.1, 0.15) is 23.5 Å². The third-order valence-corrected chi connectivity index (χ3v) is 3.33. The maximum atomic E-state index is 10.8. The van der Waals surface area contributed by atoms with Gasteiger partial charge in [0.05, 0.1) is 0 Å². The molecule has 0 N–H and O–H groups in total. The van der Waals surface area contributed by atoms with E-state index in [1.807, 2.05) is 30.3 Å². The Hall–Kier alpha value is -1.41. The van der Waals surface area contributed by atoms with Crippen LogP contribution in [0.2, 0.25) is 0 Å². The Morgan fingerprint density at radius 2 is 1.53 bits per heavy atom. The van der Waals surface area contributed by atoms with Gasteiger partial charge in [0, 0.05) is 16.8 Å². The van der Waals surface area contributed by atoms with Gasteiger partial charge in [0.2, 0.25) is 0 Å². The van der Waals surface area contributed by atoms with Crippen LogP contribution in [0.4, 0.5) is 0 Å². The van der Waals surface area contributed by atoms with Crippen molar-refractivity contribution in [2.75, 3.05) is 0 Å². The first-order valence-corrected chi connectivity index (χ1v) is 6.34. The van der Waals surface area contributed by atoms with Gasteiger partial charge in [-0.1, -0.05) is 58.4 Å². The van der Waals surface area contributed by atoms with Crippen LogP contribution >= 0.6 is 15.9 Å². The summed E-state index contributed by atoms with van der Waals surface area (Å²) in [6, 6.07) is 18.3. The summed E-state index contributed by atoms with van der Waals surface area (Å²) in [7, 11) is 0. The fourth-order valence-electron chi connectivity index (χ4n) is 1.94. The number of carbonyl (C=O) groups is 1. The molecule has 2 rings (SSSR count). The number of hydrogen-bond donors (Lipinski definition) is 0. The van der Waals surface area contributed by atoms with Crippen LogP contribution in [0.3, 0.4) is 0 Å². The van der Waals surface area contributed by atoms with Gasteiger partial charge in [0.15, 0.2) is 0 Å². The molecule has 0 aromatic heterocycles. The minimum Gasteiger partial charge on any atom is -0.303 e. The molecular weight excluding hydrogens is 276 g/mol. The minimum absolute atomic E-state index is 0.154. The SMILES string of the molecule is O=CC[C@@H](c1ccccc1)c1ccc(Br)cc1. The van der Waals surface area contributed by atoms with Crippen molar-refractivity contribution >= 4 is 22.2 Å². The van der Waals surface area contributed by atoms with E-state index in [4.69, 9.17) is 0 Å². The molecule has 86 valence electrons. The van der Waals surface area contributed by atoms with Gasteiger partial charge in [-0.15, -0.1) is 0 Å². The topological polar surface area (TPSA) is 17.1 Å². The number of carbonyl (C=O) groups excluding carboxylic acids is 1. The van der Waals surface area contributed by atoms with Gasteiger partial charge in [0.1, 0.15) is 6.29 Å². The van der Waals surface area contributed by atoms with Crippen LogP contribution in [0.15, 0.2) is 59.1 Å². The Kier molecular flexibility index (Phi) is 4.10. The Morgan fingerprint density at radius 1 is 0.941 bits per heavy atom. The fraction of sp³-hybridized carbons (Fsp3) is 0.133. The summed E-state index contributed by atoms with van der Waals surface area (Å²) < 4.78 is 1.05. The van der Waals surface area contributed by atoms with Crippen molar-refractivity contribution in [3.8, 4) is 0 Å². The lowest BCUT2D eigenvalue weighted by Crippen LogP contribution is -2.01. The van der Waals surface area contributed by atoms with E-state index >= 15 is 0 Å². The minimum atomic E-state index is 0.154. The van der Waals surface area contributed by atoms with Crippen molar-refractivity contribution in [1.82, 2.24) is 0 Å². The predicted molar refractivity (Wildman–Crippen MR) is 73.1 cm³/mol. The molecule has 0 fully saturated rings. The van der Waals surface area contributed by atoms with E-state index in [1.165, 1.54) is 11.1 Å². The van der Waals surface area contributed by atoms with Crippen molar-refractivity contribution < 1.29 is 4.79 Å². The second kappa shape index (κ2) is 5.78. The van der Waals surface area contributed by atoms with E-state index in [2.05, 4.69) is 40.2 Å². The molecule has 0 amide bonds. The van der Waals surface area contributed by atoms with Crippen LogP contribution in [0.5, 0.6) is 0 Å². The van der Waals surface area contributed by atoms with Crippen LogP contribution in [-0.2, 0) is 4.79 Å². The quantitative estimate of drug-likeness (QED) is 0.772. The highest BCUT2D eigenvalue weighted by molar-refractivity contribution is 9.10. The Morgan fingerprint density at radius 3 is 2.12 bits per heavy atom. The Balaban J connectivity index is 2.35. The molecule has 0 aliphatic carbocycles. The molecule has 0 heterocycles. The van der Waals surface area contributed by atoms with Gasteiger partial charge in [-0.05, 0) is 23.3 Å². The lowest BCUT2D eigenvalue weighted by Gasteiger charge is -2.15. The smallest absolute Gasteiger partial charge is 0.120 e. The van der Waals surface area contributed by atoms with Crippen LogP contribution in [0.25, 0.3) is 0 Å². The monoisotopic (exact) mass is 288 g/mol. The van der Waals surface area contributed by atoms with E-state index in [-0.39, 0.29) is 5.92 Å². The average molecular weight is 289 g/mol. The zero-order valence-electron chi connectivity index (χ0n) is 9.34. The van der Waals surface area contributed by atoms with Crippen molar-refractivity contribution in [3.05, 3.63) is 70.2 Å². The predicted octanol–water partition coefficient (Wildman–Crippen LogP) is 4.17. The van der Waals surface area contributed by atoms with Gasteiger partial charge in [-0.2, -0.15) is 0 Å². The molecule has 1 nitrogen and oxygen atoms in total. The number of aldehydes is 1. The van der Waals surface area contributed by atoms with Crippen LogP contribution in [-0.4, -0.2) is 6.29 Å². The van der Waals surface area contributed by atoms with Gasteiger partial charge in [-0.3, -0.25) is 0 Å². The van der Waals surface area contributed by atoms with Crippen LogP contribution in [0, 0.1) is 0 Å². The summed E-state index contributed by atoms with van der Waals surface area (Å²) in [6.07, 6.45) is 1.51. The molecule has 17 heavy (non-hydrogen) atoms. The van der Waals surface area contributed by atoms with E-state index in [9.17, 15) is 4.79 Å². The molecule has 0 saturated heterocycles. The summed E-state index contributed by atoms with van der Waals surface area (Å²) in [6.45, 7) is 0. The van der Waals surface area contributed by atoms with Crippen molar-refractivity contribution in [2.24, 2.45) is 0 Å². The molecule has 1 atom stereocenters. The van der Waals surface area contributed by atoms with E-state index in [1.54, 1.807) is 0 Å². The number of benzene rings is 2. The van der Waals surface area contributed by atoms with E-state index in [0.29, 0.717) is 6.42 Å². The number of hydrogen-bond acceptors (Lipinski definition) is 1. The zero-order valence-corrected chi connectivity index (χ0v) is 10.9. The van der Waals surface area contributed by atoms with Gasteiger partial charge < -0.3 is 4.79 Å². The molecule has 0 aliphatic heterocycles. The van der Waals surface area contributed by atoms with Crippen molar-refractivity contribution in [3.63, 3.8) is 0 Å². The lowest BCUT2D eigenvalue weighted by molar-refractivity contribution is -0.108. The lowest BCUT2D eigenvalue weighted by atomic mass is 9.89. The second-order valence-electron chi connectivity index (χ2n) is 3.92. The first kappa shape index (κ1) is 12.1. The zero-order chi connectivity index (χ0) is 12.1. The number of halogens is 1. The molecule has 0 bridgehead atoms. The maximum absolute atomic E-state index is 10.8. The Labute approximate surface area is 110 Å². The summed E-state index contributed by atoms with van der Waals surface area (Å²) >= 11 is 3.42. The maximum Gasteiger partial charge on any atom is 0.120 e. The van der Waals surface area contributed by atoms with E-state index < -0.39 is 0 Å². The summed E-state index contributed by atoms with van der Waals surface area (Å²) in [4.78, 5) is 10.8. The first-order chi connectivity index (χ1) is 8.31. The normalized spacial score (nSPS) is 12.1. The third kappa shape index (κ3) is 3.04. The molecule has 0 unspecified atom stereocenters. The molecule has 0 saturated carbocycles. The summed E-state index contributed by atoms with van der Waals surface area (Å²) in [5.74, 6) is 0.154. The summed E-state index contributed by atoms with van der Waals surface area (Å²) in [5, 5.41) is 0. The van der Waals surface area contributed by atoms with Gasteiger partial charge >= 0.3 is 0 Å². The van der Waals surface area contributed by atoms with Crippen LogP contribution < -0.4 is 0 Å². The first-order valence-electron chi connectivity index (χ1n) is 5.55. The molecule has 0 radical (unpaired) electrons. The molecule has 0 spiro atoms. The molecule has 0 aliphatic rings. The number of rotatable bonds is 4. The molecule has 2 aromatic carbocycles. The third-order valence-electron chi connectivity index (χ3n) is 2.81. The molecule has 2 heteroatoms. The van der Waals surface area contributed by atoms with Crippen molar-refractivity contribution in [1.29, 1.82) is 0 Å². The fourth-order valence-corrected chi connectivity index (χ4v) is 2.21. The van der Waals surface area contributed by atoms with Crippen molar-refractivity contribution in [2.45, 2.75) is 12.3 Å². The molecular formula is C15H13BrO. The Bertz CT molecular complexity index is 476. The highest BCUT2D eigenvalue weighted by Gasteiger charge is 2.12. The van der Waals surface area contributed by atoms with Gasteiger partial charge in [-0.25, -0.2) is 0 Å². The highest BCUT2D eigenvalue weighted by Crippen LogP contribution is 2.27. The van der Waals surface area contributed by atoms with E-state index in [0.717, 1.165) is 10.8 Å². The largest absolute Gasteiger partial charge is 0.303 e. The summed E-state index contributed by atoms with van der Waals surface area (Å²) in [5.41, 5.74) is 2.36. The van der Waals surface area contributed by atoms with Gasteiger partial charge in [0.25, 0.3) is 0 Å². The second-order valence-corrected chi connectivity index (χ2v) is 4.83. The standard InChI is InChI=1S/C15H13BrO/c16-14-8-6-13(7-9-14)15(10-11-17)12-4-2-1-3-5-12/h1-9,11,15H,10H2/t15-/m0/s1. The average Bonchev–Trinajstić information content (AvgIpc) is 2.38. The highest BCUT2D eigenvalue weighted by atomic mass is 79.9. The molecule has 2 aromatic rings.